The molecule has 0 aromatic heterocycles. The van der Waals surface area contributed by atoms with Crippen molar-refractivity contribution in [2.24, 2.45) is 0 Å². The van der Waals surface area contributed by atoms with E-state index in [1.165, 1.54) is 12.1 Å². The minimum Gasteiger partial charge on any atom is -0.488 e. The Morgan fingerprint density at radius 2 is 2.00 bits per heavy atom. The number of hydrogen-bond acceptors (Lipinski definition) is 2. The smallest absolute Gasteiger partial charge is 0.125 e. The van der Waals surface area contributed by atoms with Crippen molar-refractivity contribution >= 4 is 15.9 Å². The van der Waals surface area contributed by atoms with Gasteiger partial charge in [0.15, 0.2) is 0 Å². The van der Waals surface area contributed by atoms with Gasteiger partial charge in [0.05, 0.1) is 6.10 Å². The summed E-state index contributed by atoms with van der Waals surface area (Å²) in [5, 5.41) is 9.96. The highest BCUT2D eigenvalue weighted by Crippen LogP contribution is 2.28. The minimum absolute atomic E-state index is 0.289. The monoisotopic (exact) mass is 338 g/mol. The number of hydrogen-bond donors (Lipinski definition) is 1. The zero-order valence-electron chi connectivity index (χ0n) is 11.1. The zero-order chi connectivity index (χ0) is 14.5. The Labute approximate surface area is 126 Å². The lowest BCUT2D eigenvalue weighted by Crippen LogP contribution is -2.03. The van der Waals surface area contributed by atoms with Gasteiger partial charge in [0.2, 0.25) is 0 Å². The first-order valence-corrected chi connectivity index (χ1v) is 7.24. The summed E-state index contributed by atoms with van der Waals surface area (Å²) in [6, 6.07) is 11.9. The zero-order valence-corrected chi connectivity index (χ0v) is 12.7. The molecule has 1 N–H and O–H groups in total. The van der Waals surface area contributed by atoms with Crippen molar-refractivity contribution in [1.82, 2.24) is 0 Å². The van der Waals surface area contributed by atoms with E-state index in [-0.39, 0.29) is 5.82 Å². The molecule has 1 atom stereocenters. The van der Waals surface area contributed by atoms with Crippen LogP contribution in [0.1, 0.15) is 30.6 Å². The summed E-state index contributed by atoms with van der Waals surface area (Å²) in [6.45, 7) is 2.23. The third kappa shape index (κ3) is 3.58. The van der Waals surface area contributed by atoms with E-state index in [2.05, 4.69) is 15.9 Å². The molecule has 0 heterocycles. The number of aliphatic hydroxyl groups is 1. The highest BCUT2D eigenvalue weighted by Gasteiger charge is 2.11. The third-order valence-electron chi connectivity index (χ3n) is 3.06. The maximum atomic E-state index is 13.0. The standard InChI is InChI=1S/C16H16BrFO2/c1-2-15(19)13-5-3-4-6-16(13)20-10-11-7-8-12(18)9-14(11)17/h3-9,15,19H,2,10H2,1H3/t15-/m0/s1. The molecule has 20 heavy (non-hydrogen) atoms. The Bertz CT molecular complexity index is 586. The first kappa shape index (κ1) is 15.0. The molecule has 2 aromatic carbocycles. The SMILES string of the molecule is CC[C@H](O)c1ccccc1OCc1ccc(F)cc1Br. The van der Waals surface area contributed by atoms with Gasteiger partial charge in [-0.05, 0) is 24.6 Å². The molecule has 106 valence electrons. The van der Waals surface area contributed by atoms with Gasteiger partial charge in [0, 0.05) is 15.6 Å². The van der Waals surface area contributed by atoms with E-state index in [1.807, 2.05) is 31.2 Å². The molecule has 2 nitrogen and oxygen atoms in total. The summed E-state index contributed by atoms with van der Waals surface area (Å²) >= 11 is 3.31. The molecule has 0 fully saturated rings. The van der Waals surface area contributed by atoms with Crippen molar-refractivity contribution in [2.75, 3.05) is 0 Å². The van der Waals surface area contributed by atoms with Gasteiger partial charge >= 0.3 is 0 Å². The number of ether oxygens (including phenoxy) is 1. The third-order valence-corrected chi connectivity index (χ3v) is 3.80. The van der Waals surface area contributed by atoms with E-state index in [9.17, 15) is 9.50 Å². The summed E-state index contributed by atoms with van der Waals surface area (Å²) in [4.78, 5) is 0. The van der Waals surface area contributed by atoms with Crippen LogP contribution in [0.2, 0.25) is 0 Å². The van der Waals surface area contributed by atoms with Gasteiger partial charge in [-0.2, -0.15) is 0 Å². The molecule has 0 aliphatic rings. The van der Waals surface area contributed by atoms with Gasteiger partial charge in [-0.1, -0.05) is 47.1 Å². The molecule has 4 heteroatoms. The molecule has 2 aromatic rings. The summed E-state index contributed by atoms with van der Waals surface area (Å²) in [5.74, 6) is 0.362. The van der Waals surface area contributed by atoms with Crippen LogP contribution in [-0.4, -0.2) is 5.11 Å². The van der Waals surface area contributed by atoms with Crippen LogP contribution < -0.4 is 4.74 Å². The fourth-order valence-corrected chi connectivity index (χ4v) is 2.37. The molecule has 0 saturated heterocycles. The number of para-hydroxylation sites is 1. The Morgan fingerprint density at radius 3 is 2.70 bits per heavy atom. The second-order valence-electron chi connectivity index (χ2n) is 4.49. The predicted octanol–water partition coefficient (Wildman–Crippen LogP) is 4.61. The molecule has 0 saturated carbocycles. The topological polar surface area (TPSA) is 29.5 Å². The average Bonchev–Trinajstić information content (AvgIpc) is 2.46. The second kappa shape index (κ2) is 6.86. The maximum absolute atomic E-state index is 13.0. The number of rotatable bonds is 5. The molecule has 0 amide bonds. The van der Waals surface area contributed by atoms with Gasteiger partial charge < -0.3 is 9.84 Å². The van der Waals surface area contributed by atoms with E-state index < -0.39 is 6.10 Å². The first-order valence-electron chi connectivity index (χ1n) is 6.45. The molecule has 0 radical (unpaired) electrons. The molecule has 0 unspecified atom stereocenters. The Morgan fingerprint density at radius 1 is 1.25 bits per heavy atom. The summed E-state index contributed by atoms with van der Waals surface area (Å²) < 4.78 is 19.4. The summed E-state index contributed by atoms with van der Waals surface area (Å²) in [6.07, 6.45) is 0.0866. The van der Waals surface area contributed by atoms with E-state index >= 15 is 0 Å². The maximum Gasteiger partial charge on any atom is 0.125 e. The van der Waals surface area contributed by atoms with Crippen molar-refractivity contribution in [3.8, 4) is 5.75 Å². The molecule has 0 bridgehead atoms. The Kier molecular flexibility index (Phi) is 5.15. The number of aliphatic hydroxyl groups excluding tert-OH is 1. The normalized spacial score (nSPS) is 12.2. The van der Waals surface area contributed by atoms with E-state index in [0.29, 0.717) is 23.2 Å². The van der Waals surface area contributed by atoms with Crippen molar-refractivity contribution in [3.63, 3.8) is 0 Å². The van der Waals surface area contributed by atoms with Crippen LogP contribution in [0.4, 0.5) is 4.39 Å². The van der Waals surface area contributed by atoms with Crippen LogP contribution in [0.3, 0.4) is 0 Å². The molecule has 0 aliphatic heterocycles. The Hall–Kier alpha value is -1.39. The van der Waals surface area contributed by atoms with Crippen LogP contribution in [0.15, 0.2) is 46.9 Å². The van der Waals surface area contributed by atoms with Crippen LogP contribution in [0.5, 0.6) is 5.75 Å². The van der Waals surface area contributed by atoms with E-state index in [4.69, 9.17) is 4.74 Å². The van der Waals surface area contributed by atoms with Gasteiger partial charge in [-0.3, -0.25) is 0 Å². The van der Waals surface area contributed by atoms with Crippen LogP contribution >= 0.6 is 15.9 Å². The highest BCUT2D eigenvalue weighted by molar-refractivity contribution is 9.10. The minimum atomic E-state index is -0.539. The quantitative estimate of drug-likeness (QED) is 0.862. The van der Waals surface area contributed by atoms with Crippen molar-refractivity contribution < 1.29 is 14.2 Å². The lowest BCUT2D eigenvalue weighted by atomic mass is 10.1. The molecular formula is C16H16BrFO2. The molecular weight excluding hydrogens is 323 g/mol. The van der Waals surface area contributed by atoms with Gasteiger partial charge in [-0.25, -0.2) is 4.39 Å². The fraction of sp³-hybridized carbons (Fsp3) is 0.250. The highest BCUT2D eigenvalue weighted by atomic mass is 79.9. The van der Waals surface area contributed by atoms with E-state index in [1.54, 1.807) is 6.07 Å². The summed E-state index contributed by atoms with van der Waals surface area (Å²) in [5.41, 5.74) is 1.63. The van der Waals surface area contributed by atoms with Crippen LogP contribution in [-0.2, 0) is 6.61 Å². The molecule has 2 rings (SSSR count). The average molecular weight is 339 g/mol. The van der Waals surface area contributed by atoms with Gasteiger partial charge in [0.25, 0.3) is 0 Å². The fourth-order valence-electron chi connectivity index (χ4n) is 1.90. The van der Waals surface area contributed by atoms with Crippen LogP contribution in [0, 0.1) is 5.82 Å². The predicted molar refractivity (Wildman–Crippen MR) is 80.1 cm³/mol. The van der Waals surface area contributed by atoms with Crippen molar-refractivity contribution in [1.29, 1.82) is 0 Å². The number of benzene rings is 2. The lowest BCUT2D eigenvalue weighted by molar-refractivity contribution is 0.166. The first-order chi connectivity index (χ1) is 9.61. The largest absolute Gasteiger partial charge is 0.488 e. The number of halogens is 2. The molecule has 0 aliphatic carbocycles. The van der Waals surface area contributed by atoms with Crippen molar-refractivity contribution in [3.05, 3.63) is 63.9 Å². The van der Waals surface area contributed by atoms with E-state index in [0.717, 1.165) is 11.1 Å². The second-order valence-corrected chi connectivity index (χ2v) is 5.34. The molecule has 0 spiro atoms. The summed E-state index contributed by atoms with van der Waals surface area (Å²) in [7, 11) is 0. The van der Waals surface area contributed by atoms with Gasteiger partial charge in [0.1, 0.15) is 18.2 Å². The van der Waals surface area contributed by atoms with Crippen LogP contribution in [0.25, 0.3) is 0 Å². The van der Waals surface area contributed by atoms with Gasteiger partial charge in [-0.15, -0.1) is 0 Å². The van der Waals surface area contributed by atoms with Crippen molar-refractivity contribution in [2.45, 2.75) is 26.1 Å². The Balaban J connectivity index is 2.15. The lowest BCUT2D eigenvalue weighted by Gasteiger charge is -2.15.